The van der Waals surface area contributed by atoms with Crippen LogP contribution in [-0.4, -0.2) is 25.3 Å². The van der Waals surface area contributed by atoms with Gasteiger partial charge in [0.15, 0.2) is 0 Å². The van der Waals surface area contributed by atoms with E-state index < -0.39 is 15.9 Å². The molecule has 8 heteroatoms. The maximum Gasteiger partial charge on any atom is 0.268 e. The van der Waals surface area contributed by atoms with E-state index in [9.17, 15) is 8.42 Å². The second-order valence-electron chi connectivity index (χ2n) is 3.05. The minimum atomic E-state index is -4.05. The summed E-state index contributed by atoms with van der Waals surface area (Å²) in [5.74, 6) is -0.292. The van der Waals surface area contributed by atoms with E-state index in [0.717, 1.165) is 0 Å². The van der Waals surface area contributed by atoms with Crippen LogP contribution in [-0.2, 0) is 10.1 Å². The van der Waals surface area contributed by atoms with E-state index in [1.165, 1.54) is 12.1 Å². The third-order valence-electron chi connectivity index (χ3n) is 1.73. The third kappa shape index (κ3) is 3.76. The third-order valence-corrected chi connectivity index (χ3v) is 2.74. The van der Waals surface area contributed by atoms with Gasteiger partial charge in [0.25, 0.3) is 10.1 Å². The summed E-state index contributed by atoms with van der Waals surface area (Å²) in [6.45, 7) is -0.218. The number of nitrogens with two attached hydrogens (primary N) is 2. The Bertz CT molecular complexity index is 489. The first kappa shape index (κ1) is 12.9. The van der Waals surface area contributed by atoms with Crippen molar-refractivity contribution >= 4 is 33.1 Å². The molecule has 0 aliphatic heterocycles. The second-order valence-corrected chi connectivity index (χ2v) is 5.03. The molecule has 0 spiro atoms. The van der Waals surface area contributed by atoms with E-state index in [2.05, 4.69) is 0 Å². The zero-order valence-electron chi connectivity index (χ0n) is 8.18. The monoisotopic (exact) mass is 266 g/mol. The van der Waals surface area contributed by atoms with Gasteiger partial charge in [0.1, 0.15) is 18.1 Å². The fraction of sp³-hybridized carbons (Fsp3) is 0.250. The van der Waals surface area contributed by atoms with Gasteiger partial charge in [-0.3, -0.25) is 4.55 Å². The highest BCUT2D eigenvalue weighted by Gasteiger charge is 2.08. The number of ether oxygens (including phenoxy) is 1. The zero-order chi connectivity index (χ0) is 12.3. The number of hydrogen-bond acceptors (Lipinski definition) is 5. The summed E-state index contributed by atoms with van der Waals surface area (Å²) >= 11 is 5.70. The molecule has 90 valence electrons. The van der Waals surface area contributed by atoms with Gasteiger partial charge in [0, 0.05) is 6.07 Å². The largest absolute Gasteiger partial charge is 0.490 e. The van der Waals surface area contributed by atoms with Crippen LogP contribution in [0.15, 0.2) is 12.1 Å². The number of halogens is 1. The second kappa shape index (κ2) is 4.77. The van der Waals surface area contributed by atoms with Crippen LogP contribution in [0.2, 0.25) is 5.02 Å². The first-order valence-corrected chi connectivity index (χ1v) is 6.21. The van der Waals surface area contributed by atoms with Gasteiger partial charge in [-0.25, -0.2) is 0 Å². The zero-order valence-corrected chi connectivity index (χ0v) is 9.75. The molecule has 1 aromatic carbocycles. The Morgan fingerprint density at radius 2 is 1.94 bits per heavy atom. The molecule has 0 unspecified atom stereocenters. The molecule has 0 radical (unpaired) electrons. The van der Waals surface area contributed by atoms with E-state index in [0.29, 0.717) is 5.02 Å². The van der Waals surface area contributed by atoms with Gasteiger partial charge < -0.3 is 16.2 Å². The lowest BCUT2D eigenvalue weighted by atomic mass is 10.2. The molecule has 0 bridgehead atoms. The Morgan fingerprint density at radius 3 is 2.50 bits per heavy atom. The standard InChI is InChI=1S/C8H11ClN2O4S/c9-5-3-7(11)8(4-6(5)10)15-1-2-16(12,13)14/h3-4H,1-2,10-11H2,(H,12,13,14). The van der Waals surface area contributed by atoms with Crippen LogP contribution < -0.4 is 16.2 Å². The summed E-state index contributed by atoms with van der Waals surface area (Å²) in [6, 6.07) is 2.79. The molecule has 1 rings (SSSR count). The summed E-state index contributed by atoms with van der Waals surface area (Å²) in [6.07, 6.45) is 0. The highest BCUT2D eigenvalue weighted by molar-refractivity contribution is 7.85. The molecule has 0 aliphatic carbocycles. The van der Waals surface area contributed by atoms with E-state index >= 15 is 0 Å². The lowest BCUT2D eigenvalue weighted by Crippen LogP contribution is -2.13. The van der Waals surface area contributed by atoms with Crippen LogP contribution in [0.4, 0.5) is 11.4 Å². The Hall–Kier alpha value is -1.18. The first-order valence-electron chi connectivity index (χ1n) is 4.22. The first-order chi connectivity index (χ1) is 7.29. The van der Waals surface area contributed by atoms with Crippen LogP contribution in [0.25, 0.3) is 0 Å². The average molecular weight is 267 g/mol. The van der Waals surface area contributed by atoms with Gasteiger partial charge >= 0.3 is 0 Å². The molecular weight excluding hydrogens is 256 g/mol. The summed E-state index contributed by atoms with van der Waals surface area (Å²) in [5, 5.41) is 0.291. The maximum atomic E-state index is 10.4. The van der Waals surface area contributed by atoms with Crippen molar-refractivity contribution in [3.8, 4) is 5.75 Å². The molecule has 0 saturated heterocycles. The fourth-order valence-corrected chi connectivity index (χ4v) is 1.43. The van der Waals surface area contributed by atoms with E-state index in [-0.39, 0.29) is 23.7 Å². The molecule has 16 heavy (non-hydrogen) atoms. The van der Waals surface area contributed by atoms with Gasteiger partial charge in [-0.2, -0.15) is 8.42 Å². The number of rotatable bonds is 4. The van der Waals surface area contributed by atoms with E-state index in [1.807, 2.05) is 0 Å². The molecular formula is C8H11ClN2O4S. The lowest BCUT2D eigenvalue weighted by Gasteiger charge is -2.09. The van der Waals surface area contributed by atoms with Crippen LogP contribution in [0.5, 0.6) is 5.75 Å². The van der Waals surface area contributed by atoms with Crippen molar-refractivity contribution in [3.05, 3.63) is 17.2 Å². The van der Waals surface area contributed by atoms with Crippen molar-refractivity contribution in [1.29, 1.82) is 0 Å². The summed E-state index contributed by atoms with van der Waals surface area (Å²) in [7, 11) is -4.05. The average Bonchev–Trinajstić information content (AvgIpc) is 2.11. The highest BCUT2D eigenvalue weighted by Crippen LogP contribution is 2.30. The summed E-state index contributed by atoms with van der Waals surface area (Å²) in [5.41, 5.74) is 11.6. The predicted octanol–water partition coefficient (Wildman–Crippen LogP) is 0.771. The highest BCUT2D eigenvalue weighted by atomic mass is 35.5. The Kier molecular flexibility index (Phi) is 3.84. The molecule has 0 atom stereocenters. The van der Waals surface area contributed by atoms with Gasteiger partial charge in [-0.1, -0.05) is 11.6 Å². The molecule has 0 aromatic heterocycles. The topological polar surface area (TPSA) is 116 Å². The minimum Gasteiger partial charge on any atom is -0.490 e. The molecule has 0 heterocycles. The molecule has 0 saturated carbocycles. The van der Waals surface area contributed by atoms with Crippen molar-refractivity contribution in [2.24, 2.45) is 0 Å². The van der Waals surface area contributed by atoms with Gasteiger partial charge in [-0.15, -0.1) is 0 Å². The maximum absolute atomic E-state index is 10.4. The van der Waals surface area contributed by atoms with Crippen LogP contribution in [0.1, 0.15) is 0 Å². The SMILES string of the molecule is Nc1cc(OCCS(=O)(=O)O)c(N)cc1Cl. The fourth-order valence-electron chi connectivity index (χ4n) is 0.966. The smallest absolute Gasteiger partial charge is 0.268 e. The van der Waals surface area contributed by atoms with Gasteiger partial charge in [0.2, 0.25) is 0 Å². The Labute approximate surface area is 97.9 Å². The Morgan fingerprint density at radius 1 is 1.31 bits per heavy atom. The molecule has 0 aliphatic rings. The molecule has 5 N–H and O–H groups in total. The number of anilines is 2. The lowest BCUT2D eigenvalue weighted by molar-refractivity contribution is 0.337. The predicted molar refractivity (Wildman–Crippen MR) is 62.2 cm³/mol. The molecule has 1 aromatic rings. The van der Waals surface area contributed by atoms with Crippen LogP contribution in [0, 0.1) is 0 Å². The number of benzene rings is 1. The van der Waals surface area contributed by atoms with Crippen molar-refractivity contribution in [2.75, 3.05) is 23.8 Å². The molecule has 0 fully saturated rings. The quantitative estimate of drug-likeness (QED) is 0.548. The summed E-state index contributed by atoms with van der Waals surface area (Å²) in [4.78, 5) is 0. The molecule has 6 nitrogen and oxygen atoms in total. The van der Waals surface area contributed by atoms with Gasteiger partial charge in [-0.05, 0) is 6.07 Å². The molecule has 0 amide bonds. The van der Waals surface area contributed by atoms with Crippen molar-refractivity contribution < 1.29 is 17.7 Å². The van der Waals surface area contributed by atoms with Crippen molar-refractivity contribution in [2.45, 2.75) is 0 Å². The van der Waals surface area contributed by atoms with Crippen LogP contribution >= 0.6 is 11.6 Å². The van der Waals surface area contributed by atoms with Gasteiger partial charge in [0.05, 0.1) is 16.4 Å². The number of nitrogen functional groups attached to an aromatic ring is 2. The minimum absolute atomic E-state index is 0.218. The van der Waals surface area contributed by atoms with E-state index in [4.69, 9.17) is 32.4 Å². The Balaban J connectivity index is 2.71. The summed E-state index contributed by atoms with van der Waals surface area (Å²) < 4.78 is 34.4. The van der Waals surface area contributed by atoms with Crippen molar-refractivity contribution in [3.63, 3.8) is 0 Å². The van der Waals surface area contributed by atoms with E-state index in [1.54, 1.807) is 0 Å². The number of hydrogen-bond donors (Lipinski definition) is 3. The van der Waals surface area contributed by atoms with Crippen LogP contribution in [0.3, 0.4) is 0 Å². The normalized spacial score (nSPS) is 11.4. The van der Waals surface area contributed by atoms with Crippen molar-refractivity contribution in [1.82, 2.24) is 0 Å².